The van der Waals surface area contributed by atoms with Gasteiger partial charge in [0.05, 0.1) is 11.1 Å². The van der Waals surface area contributed by atoms with Gasteiger partial charge in [0.1, 0.15) is 6.61 Å². The van der Waals surface area contributed by atoms with E-state index in [4.69, 9.17) is 4.84 Å². The van der Waals surface area contributed by atoms with Crippen molar-refractivity contribution in [1.29, 1.82) is 0 Å². The third-order valence-electron chi connectivity index (χ3n) is 2.43. The van der Waals surface area contributed by atoms with E-state index in [-0.39, 0.29) is 5.69 Å². The Morgan fingerprint density at radius 3 is 2.68 bits per heavy atom. The van der Waals surface area contributed by atoms with Gasteiger partial charge in [0.25, 0.3) is 5.69 Å². The van der Waals surface area contributed by atoms with Crippen molar-refractivity contribution >= 4 is 11.9 Å². The van der Waals surface area contributed by atoms with Crippen LogP contribution in [0.25, 0.3) is 0 Å². The predicted octanol–water partition coefficient (Wildman–Crippen LogP) is 3.15. The molecule has 0 aliphatic rings. The smallest absolute Gasteiger partial charge is 0.270 e. The van der Waals surface area contributed by atoms with Gasteiger partial charge in [-0.25, -0.2) is 0 Å². The molecule has 0 saturated carbocycles. The fraction of sp³-hybridized carbons (Fsp3) is 0.0714. The molecule has 0 heterocycles. The van der Waals surface area contributed by atoms with Crippen LogP contribution in [-0.2, 0) is 11.4 Å². The number of hydrogen-bond donors (Lipinski definition) is 0. The third-order valence-corrected chi connectivity index (χ3v) is 2.43. The zero-order valence-electron chi connectivity index (χ0n) is 10.1. The van der Waals surface area contributed by atoms with E-state index in [0.717, 1.165) is 5.56 Å². The van der Waals surface area contributed by atoms with E-state index < -0.39 is 4.92 Å². The van der Waals surface area contributed by atoms with Crippen LogP contribution in [-0.4, -0.2) is 11.1 Å². The molecule has 0 unspecified atom stereocenters. The summed E-state index contributed by atoms with van der Waals surface area (Å²) >= 11 is 0. The molecule has 0 amide bonds. The molecule has 0 bridgehead atoms. The highest BCUT2D eigenvalue weighted by molar-refractivity contribution is 5.80. The Bertz CT molecular complexity index is 582. The molecular weight excluding hydrogens is 244 g/mol. The summed E-state index contributed by atoms with van der Waals surface area (Å²) in [4.78, 5) is 15.3. The van der Waals surface area contributed by atoms with E-state index in [2.05, 4.69) is 5.16 Å². The Hall–Kier alpha value is -2.69. The maximum atomic E-state index is 10.6. The molecule has 0 radical (unpaired) electrons. The predicted molar refractivity (Wildman–Crippen MR) is 71.9 cm³/mol. The number of nitro groups is 1. The highest BCUT2D eigenvalue weighted by Crippen LogP contribution is 2.11. The summed E-state index contributed by atoms with van der Waals surface area (Å²) in [5.74, 6) is 0. The van der Waals surface area contributed by atoms with Gasteiger partial charge in [0.15, 0.2) is 0 Å². The first-order valence-corrected chi connectivity index (χ1v) is 5.69. The summed E-state index contributed by atoms with van der Waals surface area (Å²) in [5, 5.41) is 14.4. The Kier molecular flexibility index (Phi) is 4.23. The molecule has 19 heavy (non-hydrogen) atoms. The zero-order valence-corrected chi connectivity index (χ0v) is 10.1. The van der Waals surface area contributed by atoms with Crippen molar-refractivity contribution < 1.29 is 9.76 Å². The molecule has 5 nitrogen and oxygen atoms in total. The second-order valence-electron chi connectivity index (χ2n) is 3.85. The summed E-state index contributed by atoms with van der Waals surface area (Å²) in [7, 11) is 0. The first kappa shape index (κ1) is 12.8. The zero-order chi connectivity index (χ0) is 13.5. The lowest BCUT2D eigenvalue weighted by Crippen LogP contribution is -1.90. The van der Waals surface area contributed by atoms with Gasteiger partial charge in [0.2, 0.25) is 0 Å². The molecule has 0 saturated heterocycles. The molecule has 0 aliphatic carbocycles. The topological polar surface area (TPSA) is 64.7 Å². The minimum Gasteiger partial charge on any atom is -0.391 e. The maximum absolute atomic E-state index is 10.6. The molecule has 0 aromatic heterocycles. The highest BCUT2D eigenvalue weighted by atomic mass is 16.6. The fourth-order valence-corrected chi connectivity index (χ4v) is 1.50. The quantitative estimate of drug-likeness (QED) is 0.469. The van der Waals surface area contributed by atoms with E-state index in [1.807, 2.05) is 30.3 Å². The number of hydrogen-bond acceptors (Lipinski definition) is 4. The van der Waals surface area contributed by atoms with E-state index >= 15 is 0 Å². The van der Waals surface area contributed by atoms with Gasteiger partial charge < -0.3 is 4.84 Å². The van der Waals surface area contributed by atoms with Crippen molar-refractivity contribution in [2.45, 2.75) is 6.61 Å². The number of oxime groups is 1. The standard InChI is InChI=1S/C14H12N2O3/c17-16(18)14-8-4-7-13(9-14)10-15-19-11-12-5-2-1-3-6-12/h1-10H,11H2/b15-10+. The lowest BCUT2D eigenvalue weighted by molar-refractivity contribution is -0.384. The summed E-state index contributed by atoms with van der Waals surface area (Å²) in [6, 6.07) is 15.8. The van der Waals surface area contributed by atoms with Crippen molar-refractivity contribution in [3.8, 4) is 0 Å². The molecule has 0 fully saturated rings. The van der Waals surface area contributed by atoms with Crippen LogP contribution in [0.3, 0.4) is 0 Å². The number of benzene rings is 2. The van der Waals surface area contributed by atoms with Crippen molar-refractivity contribution in [3.05, 3.63) is 75.8 Å². The van der Waals surface area contributed by atoms with Gasteiger partial charge in [-0.15, -0.1) is 0 Å². The van der Waals surface area contributed by atoms with E-state index in [9.17, 15) is 10.1 Å². The fourth-order valence-electron chi connectivity index (χ4n) is 1.50. The van der Waals surface area contributed by atoms with Gasteiger partial charge in [-0.1, -0.05) is 47.6 Å². The number of non-ortho nitro benzene ring substituents is 1. The molecule has 0 N–H and O–H groups in total. The molecule has 0 atom stereocenters. The van der Waals surface area contributed by atoms with Crippen LogP contribution in [0.4, 0.5) is 5.69 Å². The van der Waals surface area contributed by atoms with Gasteiger partial charge in [-0.3, -0.25) is 10.1 Å². The number of nitrogens with zero attached hydrogens (tertiary/aromatic N) is 2. The number of rotatable bonds is 5. The first-order valence-electron chi connectivity index (χ1n) is 5.69. The monoisotopic (exact) mass is 256 g/mol. The van der Waals surface area contributed by atoms with Crippen molar-refractivity contribution in [1.82, 2.24) is 0 Å². The third kappa shape index (κ3) is 3.92. The summed E-state index contributed by atoms with van der Waals surface area (Å²) in [6.45, 7) is 0.367. The van der Waals surface area contributed by atoms with Crippen LogP contribution >= 0.6 is 0 Å². The Morgan fingerprint density at radius 1 is 1.16 bits per heavy atom. The van der Waals surface area contributed by atoms with Crippen LogP contribution < -0.4 is 0 Å². The van der Waals surface area contributed by atoms with Gasteiger partial charge >= 0.3 is 0 Å². The Balaban J connectivity index is 1.92. The molecule has 0 aliphatic heterocycles. The second kappa shape index (κ2) is 6.30. The van der Waals surface area contributed by atoms with E-state index in [1.165, 1.54) is 18.3 Å². The van der Waals surface area contributed by atoms with E-state index in [1.54, 1.807) is 12.1 Å². The van der Waals surface area contributed by atoms with Crippen LogP contribution in [0.1, 0.15) is 11.1 Å². The first-order chi connectivity index (χ1) is 9.25. The summed E-state index contributed by atoms with van der Waals surface area (Å²) in [5.41, 5.74) is 1.67. The van der Waals surface area contributed by atoms with E-state index in [0.29, 0.717) is 12.2 Å². The SMILES string of the molecule is O=[N+]([O-])c1cccc(/C=N/OCc2ccccc2)c1. The largest absolute Gasteiger partial charge is 0.391 e. The molecule has 96 valence electrons. The summed E-state index contributed by atoms with van der Waals surface area (Å²) in [6.07, 6.45) is 1.45. The van der Waals surface area contributed by atoms with Gasteiger partial charge in [-0.2, -0.15) is 0 Å². The Morgan fingerprint density at radius 2 is 1.95 bits per heavy atom. The number of nitro benzene ring substituents is 1. The molecule has 5 heteroatoms. The van der Waals surface area contributed by atoms with Crippen LogP contribution in [0, 0.1) is 10.1 Å². The van der Waals surface area contributed by atoms with Crippen LogP contribution in [0.15, 0.2) is 59.8 Å². The molecule has 2 rings (SSSR count). The lowest BCUT2D eigenvalue weighted by atomic mass is 10.2. The average Bonchev–Trinajstić information content (AvgIpc) is 2.45. The Labute approximate surface area is 110 Å². The van der Waals surface area contributed by atoms with Gasteiger partial charge in [0, 0.05) is 17.7 Å². The summed E-state index contributed by atoms with van der Waals surface area (Å²) < 4.78 is 0. The van der Waals surface area contributed by atoms with Crippen LogP contribution in [0.2, 0.25) is 0 Å². The van der Waals surface area contributed by atoms with Gasteiger partial charge in [-0.05, 0) is 5.56 Å². The maximum Gasteiger partial charge on any atom is 0.270 e. The van der Waals surface area contributed by atoms with Crippen molar-refractivity contribution in [2.24, 2.45) is 5.16 Å². The molecule has 0 spiro atoms. The lowest BCUT2D eigenvalue weighted by Gasteiger charge is -1.98. The van der Waals surface area contributed by atoms with Crippen molar-refractivity contribution in [2.75, 3.05) is 0 Å². The molecule has 2 aromatic rings. The molecular formula is C14H12N2O3. The average molecular weight is 256 g/mol. The normalized spacial score (nSPS) is 10.5. The minimum atomic E-state index is -0.442. The van der Waals surface area contributed by atoms with Crippen LogP contribution in [0.5, 0.6) is 0 Å². The minimum absolute atomic E-state index is 0.0343. The van der Waals surface area contributed by atoms with Crippen molar-refractivity contribution in [3.63, 3.8) is 0 Å². The highest BCUT2D eigenvalue weighted by Gasteiger charge is 2.03. The second-order valence-corrected chi connectivity index (χ2v) is 3.85. The molecule has 2 aromatic carbocycles.